The second-order valence-corrected chi connectivity index (χ2v) is 7.20. The Balaban J connectivity index is 1.48. The number of carbonyl (C=O) groups excluding carboxylic acids is 2. The van der Waals surface area contributed by atoms with Crippen LogP contribution in [0.3, 0.4) is 0 Å². The minimum absolute atomic E-state index is 0.0580. The molecule has 30 heavy (non-hydrogen) atoms. The molecule has 3 rings (SSSR count). The molecule has 0 radical (unpaired) electrons. The predicted molar refractivity (Wildman–Crippen MR) is 120 cm³/mol. The standard InChI is InChI=1S/C24H23ClN2O3/c1-17(30-22-10-6-5-9-21(22)25)24(29)27-20-14-12-19(13-15-20)26-23(28)16-11-18-7-3-2-4-8-18/h2-10,12-15,17H,11,16H2,1H3,(H,26,28)(H,27,29). The molecular weight excluding hydrogens is 400 g/mol. The molecule has 2 amide bonds. The lowest BCUT2D eigenvalue weighted by molar-refractivity contribution is -0.122. The molecule has 0 saturated heterocycles. The monoisotopic (exact) mass is 422 g/mol. The van der Waals surface area contributed by atoms with E-state index in [1.807, 2.05) is 30.3 Å². The zero-order valence-electron chi connectivity index (χ0n) is 16.6. The van der Waals surface area contributed by atoms with Crippen LogP contribution in [0.15, 0.2) is 78.9 Å². The highest BCUT2D eigenvalue weighted by Crippen LogP contribution is 2.24. The van der Waals surface area contributed by atoms with Crippen molar-refractivity contribution in [3.05, 3.63) is 89.4 Å². The average molecular weight is 423 g/mol. The van der Waals surface area contributed by atoms with Crippen LogP contribution >= 0.6 is 11.6 Å². The number of hydrogen-bond acceptors (Lipinski definition) is 3. The molecule has 0 fully saturated rings. The lowest BCUT2D eigenvalue weighted by Gasteiger charge is -2.15. The van der Waals surface area contributed by atoms with E-state index in [2.05, 4.69) is 10.6 Å². The fourth-order valence-corrected chi connectivity index (χ4v) is 2.97. The van der Waals surface area contributed by atoms with Gasteiger partial charge >= 0.3 is 0 Å². The number of aryl methyl sites for hydroxylation is 1. The van der Waals surface area contributed by atoms with Crippen LogP contribution in [-0.4, -0.2) is 17.9 Å². The first-order valence-electron chi connectivity index (χ1n) is 9.67. The zero-order chi connectivity index (χ0) is 21.3. The number of anilines is 2. The fourth-order valence-electron chi connectivity index (χ4n) is 2.79. The van der Waals surface area contributed by atoms with E-state index < -0.39 is 6.10 Å². The Morgan fingerprint density at radius 3 is 2.13 bits per heavy atom. The molecule has 0 saturated carbocycles. The Kier molecular flexibility index (Phi) is 7.46. The molecule has 0 bridgehead atoms. The molecule has 1 unspecified atom stereocenters. The van der Waals surface area contributed by atoms with Gasteiger partial charge in [0, 0.05) is 17.8 Å². The maximum absolute atomic E-state index is 12.4. The predicted octanol–water partition coefficient (Wildman–Crippen LogP) is 5.32. The van der Waals surface area contributed by atoms with Crippen molar-refractivity contribution in [2.45, 2.75) is 25.9 Å². The minimum atomic E-state index is -0.720. The lowest BCUT2D eigenvalue weighted by Crippen LogP contribution is -2.30. The van der Waals surface area contributed by atoms with Gasteiger partial charge in [-0.3, -0.25) is 9.59 Å². The summed E-state index contributed by atoms with van der Waals surface area (Å²) >= 11 is 6.06. The number of benzene rings is 3. The Morgan fingerprint density at radius 2 is 1.47 bits per heavy atom. The van der Waals surface area contributed by atoms with Crippen LogP contribution < -0.4 is 15.4 Å². The molecule has 3 aromatic carbocycles. The normalized spacial score (nSPS) is 11.4. The Labute approximate surface area is 181 Å². The molecule has 0 aliphatic carbocycles. The quantitative estimate of drug-likeness (QED) is 0.516. The van der Waals surface area contributed by atoms with Crippen molar-refractivity contribution in [1.82, 2.24) is 0 Å². The third-order valence-corrected chi connectivity index (χ3v) is 4.74. The number of halogens is 1. The topological polar surface area (TPSA) is 67.4 Å². The second-order valence-electron chi connectivity index (χ2n) is 6.79. The minimum Gasteiger partial charge on any atom is -0.479 e. The van der Waals surface area contributed by atoms with E-state index >= 15 is 0 Å². The third-order valence-electron chi connectivity index (χ3n) is 4.43. The van der Waals surface area contributed by atoms with Crippen LogP contribution in [0.25, 0.3) is 0 Å². The maximum atomic E-state index is 12.4. The molecule has 2 N–H and O–H groups in total. The molecule has 0 aliphatic rings. The van der Waals surface area contributed by atoms with Crippen molar-refractivity contribution in [1.29, 1.82) is 0 Å². The molecule has 0 aromatic heterocycles. The first kappa shape index (κ1) is 21.4. The van der Waals surface area contributed by atoms with E-state index in [0.29, 0.717) is 35.0 Å². The Hall–Kier alpha value is -3.31. The number of para-hydroxylation sites is 1. The highest BCUT2D eigenvalue weighted by molar-refractivity contribution is 6.32. The summed E-state index contributed by atoms with van der Waals surface area (Å²) in [5, 5.41) is 6.10. The van der Waals surface area contributed by atoms with E-state index in [4.69, 9.17) is 16.3 Å². The fraction of sp³-hybridized carbons (Fsp3) is 0.167. The first-order chi connectivity index (χ1) is 14.5. The number of ether oxygens (including phenoxy) is 1. The van der Waals surface area contributed by atoms with E-state index in [-0.39, 0.29) is 11.8 Å². The van der Waals surface area contributed by atoms with Crippen LogP contribution in [0.5, 0.6) is 5.75 Å². The van der Waals surface area contributed by atoms with Gasteiger partial charge in [-0.05, 0) is 55.3 Å². The summed E-state index contributed by atoms with van der Waals surface area (Å²) in [5.74, 6) is 0.0994. The average Bonchev–Trinajstić information content (AvgIpc) is 2.76. The van der Waals surface area contributed by atoms with Gasteiger partial charge in [-0.1, -0.05) is 54.1 Å². The van der Waals surface area contributed by atoms with Crippen LogP contribution in [0.1, 0.15) is 18.9 Å². The van der Waals surface area contributed by atoms with Gasteiger partial charge in [0.15, 0.2) is 6.10 Å². The van der Waals surface area contributed by atoms with Gasteiger partial charge in [0.1, 0.15) is 5.75 Å². The van der Waals surface area contributed by atoms with E-state index in [0.717, 1.165) is 5.56 Å². The van der Waals surface area contributed by atoms with Crippen LogP contribution in [0.4, 0.5) is 11.4 Å². The van der Waals surface area contributed by atoms with E-state index in [9.17, 15) is 9.59 Å². The van der Waals surface area contributed by atoms with Gasteiger partial charge in [-0.25, -0.2) is 0 Å². The van der Waals surface area contributed by atoms with E-state index in [1.165, 1.54) is 0 Å². The molecule has 6 heteroatoms. The number of rotatable bonds is 8. The Morgan fingerprint density at radius 1 is 0.867 bits per heavy atom. The van der Waals surface area contributed by atoms with Gasteiger partial charge in [0.2, 0.25) is 5.91 Å². The maximum Gasteiger partial charge on any atom is 0.265 e. The van der Waals surface area contributed by atoms with Crippen molar-refractivity contribution in [2.24, 2.45) is 0 Å². The molecule has 3 aromatic rings. The third kappa shape index (κ3) is 6.36. The molecule has 5 nitrogen and oxygen atoms in total. The molecule has 0 heterocycles. The van der Waals surface area contributed by atoms with Crippen molar-refractivity contribution in [3.8, 4) is 5.75 Å². The number of hydrogen-bond donors (Lipinski definition) is 2. The molecule has 0 aliphatic heterocycles. The molecule has 1 atom stereocenters. The van der Waals surface area contributed by atoms with Gasteiger partial charge < -0.3 is 15.4 Å². The smallest absolute Gasteiger partial charge is 0.265 e. The second kappa shape index (κ2) is 10.5. The molecule has 154 valence electrons. The largest absolute Gasteiger partial charge is 0.479 e. The van der Waals surface area contributed by atoms with Gasteiger partial charge in [0.25, 0.3) is 5.91 Å². The summed E-state index contributed by atoms with van der Waals surface area (Å²) in [6.45, 7) is 1.65. The first-order valence-corrected chi connectivity index (χ1v) is 10.0. The number of carbonyl (C=O) groups is 2. The van der Waals surface area contributed by atoms with Crippen LogP contribution in [0.2, 0.25) is 5.02 Å². The highest BCUT2D eigenvalue weighted by atomic mass is 35.5. The summed E-state index contributed by atoms with van der Waals surface area (Å²) < 4.78 is 5.62. The van der Waals surface area contributed by atoms with Gasteiger partial charge in [-0.15, -0.1) is 0 Å². The summed E-state index contributed by atoms with van der Waals surface area (Å²) in [6, 6.07) is 23.8. The van der Waals surface area contributed by atoms with Crippen LogP contribution in [0, 0.1) is 0 Å². The van der Waals surface area contributed by atoms with Crippen molar-refractivity contribution < 1.29 is 14.3 Å². The van der Waals surface area contributed by atoms with Crippen molar-refractivity contribution in [2.75, 3.05) is 10.6 Å². The molecular formula is C24H23ClN2O3. The summed E-state index contributed by atoms with van der Waals surface area (Å²) in [4.78, 5) is 24.5. The zero-order valence-corrected chi connectivity index (χ0v) is 17.4. The van der Waals surface area contributed by atoms with E-state index in [1.54, 1.807) is 55.5 Å². The van der Waals surface area contributed by atoms with Gasteiger partial charge in [-0.2, -0.15) is 0 Å². The van der Waals surface area contributed by atoms with Gasteiger partial charge in [0.05, 0.1) is 5.02 Å². The summed E-state index contributed by atoms with van der Waals surface area (Å²) in [7, 11) is 0. The lowest BCUT2D eigenvalue weighted by atomic mass is 10.1. The SMILES string of the molecule is CC(Oc1ccccc1Cl)C(=O)Nc1ccc(NC(=O)CCc2ccccc2)cc1. The van der Waals surface area contributed by atoms with Crippen LogP contribution in [-0.2, 0) is 16.0 Å². The highest BCUT2D eigenvalue weighted by Gasteiger charge is 2.16. The number of nitrogens with one attached hydrogen (secondary N) is 2. The summed E-state index contributed by atoms with van der Waals surface area (Å²) in [6.07, 6.45) is 0.367. The Bertz CT molecular complexity index is 991. The van der Waals surface area contributed by atoms with Crippen molar-refractivity contribution >= 4 is 34.8 Å². The number of amides is 2. The molecule has 0 spiro atoms. The summed E-state index contributed by atoms with van der Waals surface area (Å²) in [5.41, 5.74) is 2.40. The van der Waals surface area contributed by atoms with Crippen molar-refractivity contribution in [3.63, 3.8) is 0 Å².